The van der Waals surface area contributed by atoms with Crippen LogP contribution in [0.25, 0.3) is 86.6 Å². The molecule has 0 unspecified atom stereocenters. The lowest BCUT2D eigenvalue weighted by atomic mass is 9.82. The highest BCUT2D eigenvalue weighted by Gasteiger charge is 2.35. The first-order valence-corrected chi connectivity index (χ1v) is 21.5. The molecule has 284 valence electrons. The van der Waals surface area contributed by atoms with Crippen LogP contribution < -0.4 is 4.90 Å². The molecule has 11 aromatic rings. The molecular weight excluding hydrogens is 747 g/mol. The minimum absolute atomic E-state index is 0.00982. The van der Waals surface area contributed by atoms with Crippen molar-refractivity contribution in [1.82, 2.24) is 0 Å². The van der Waals surface area contributed by atoms with Gasteiger partial charge in [0.05, 0.1) is 0 Å². The van der Waals surface area contributed by atoms with E-state index in [1.807, 2.05) is 23.5 Å². The SMILES string of the molecule is CC1(C)c2ccccc2-c2cc(-c3ccc(N(c4ccc(-c5ccc6c(c5)sc5ccccc56)cc4)c4ccc(-c5cccc6oc7ccccc7c56)cc4)cc3)ccc21. The number of benzene rings is 9. The number of anilines is 3. The van der Waals surface area contributed by atoms with Gasteiger partial charge in [-0.1, -0.05) is 147 Å². The van der Waals surface area contributed by atoms with Crippen LogP contribution in [-0.4, -0.2) is 0 Å². The van der Waals surface area contributed by atoms with Crippen molar-refractivity contribution in [3.8, 4) is 44.5 Å². The van der Waals surface area contributed by atoms with Crippen molar-refractivity contribution in [2.24, 2.45) is 0 Å². The van der Waals surface area contributed by atoms with Crippen molar-refractivity contribution in [3.05, 3.63) is 211 Å². The fourth-order valence-electron chi connectivity index (χ4n) is 9.66. The Balaban J connectivity index is 0.929. The van der Waals surface area contributed by atoms with Crippen molar-refractivity contribution in [1.29, 1.82) is 0 Å². The first kappa shape index (κ1) is 34.8. The van der Waals surface area contributed by atoms with Crippen molar-refractivity contribution in [2.75, 3.05) is 4.90 Å². The Bertz CT molecular complexity index is 3440. The average molecular weight is 786 g/mol. The van der Waals surface area contributed by atoms with Gasteiger partial charge >= 0.3 is 0 Å². The summed E-state index contributed by atoms with van der Waals surface area (Å²) in [5.41, 5.74) is 17.7. The standard InChI is InChI=1S/C57H39NOS/c1-57(2)50-14-6-3-10-45(50)49-34-39(25-33-51(49)57)36-18-26-41(27-19-36)58(42-28-20-37(21-29-42)40-24-32-47-46-11-5-8-17-54(46)60-55(47)35-40)43-30-22-38(23-31-43)44-13-9-16-53-56(44)48-12-4-7-15-52(48)59-53/h3-35H,1-2H3. The van der Waals surface area contributed by atoms with E-state index < -0.39 is 0 Å². The Kier molecular flexibility index (Phi) is 7.79. The van der Waals surface area contributed by atoms with Crippen LogP contribution in [0.1, 0.15) is 25.0 Å². The van der Waals surface area contributed by atoms with Crippen LogP contribution in [-0.2, 0) is 5.41 Å². The molecule has 0 bridgehead atoms. The molecule has 0 amide bonds. The molecule has 1 aliphatic rings. The Morgan fingerprint density at radius 2 is 0.917 bits per heavy atom. The first-order chi connectivity index (χ1) is 29.5. The van der Waals surface area contributed by atoms with E-state index in [0.29, 0.717) is 0 Å². The molecule has 0 fully saturated rings. The molecule has 60 heavy (non-hydrogen) atoms. The van der Waals surface area contributed by atoms with E-state index in [-0.39, 0.29) is 5.41 Å². The average Bonchev–Trinajstić information content (AvgIpc) is 3.94. The number of furan rings is 1. The summed E-state index contributed by atoms with van der Waals surface area (Å²) < 4.78 is 8.89. The minimum atomic E-state index is -0.00982. The van der Waals surface area contributed by atoms with E-state index in [1.165, 1.54) is 70.2 Å². The second-order valence-corrected chi connectivity index (χ2v) is 17.6. The maximum Gasteiger partial charge on any atom is 0.136 e. The van der Waals surface area contributed by atoms with Crippen LogP contribution in [0.3, 0.4) is 0 Å². The Morgan fingerprint density at radius 3 is 1.67 bits per heavy atom. The normalized spacial score (nSPS) is 13.0. The summed E-state index contributed by atoms with van der Waals surface area (Å²) in [6.07, 6.45) is 0. The zero-order chi connectivity index (χ0) is 40.0. The molecule has 0 atom stereocenters. The molecule has 0 radical (unpaired) electrons. The summed E-state index contributed by atoms with van der Waals surface area (Å²) >= 11 is 1.86. The van der Waals surface area contributed by atoms with E-state index >= 15 is 0 Å². The number of fused-ring (bicyclic) bond motifs is 9. The fourth-order valence-corrected chi connectivity index (χ4v) is 10.8. The van der Waals surface area contributed by atoms with Crippen molar-refractivity contribution in [2.45, 2.75) is 19.3 Å². The number of nitrogens with zero attached hydrogens (tertiary/aromatic N) is 1. The van der Waals surface area contributed by atoms with Gasteiger partial charge in [-0.25, -0.2) is 0 Å². The van der Waals surface area contributed by atoms with Gasteiger partial charge in [-0.05, 0) is 122 Å². The van der Waals surface area contributed by atoms with Gasteiger partial charge < -0.3 is 9.32 Å². The summed E-state index contributed by atoms with van der Waals surface area (Å²) in [5.74, 6) is 0. The van der Waals surface area contributed by atoms with Gasteiger partial charge in [0.1, 0.15) is 11.2 Å². The maximum atomic E-state index is 6.25. The van der Waals surface area contributed by atoms with E-state index in [0.717, 1.165) is 44.6 Å². The second kappa shape index (κ2) is 13.4. The highest BCUT2D eigenvalue weighted by molar-refractivity contribution is 7.25. The van der Waals surface area contributed by atoms with Gasteiger partial charge in [-0.2, -0.15) is 0 Å². The second-order valence-electron chi connectivity index (χ2n) is 16.5. The number of para-hydroxylation sites is 1. The van der Waals surface area contributed by atoms with E-state index in [1.54, 1.807) is 0 Å². The third-order valence-corrected chi connectivity index (χ3v) is 13.9. The molecule has 2 heterocycles. The lowest BCUT2D eigenvalue weighted by molar-refractivity contribution is 0.660. The molecule has 9 aromatic carbocycles. The van der Waals surface area contributed by atoms with Crippen molar-refractivity contribution < 1.29 is 4.42 Å². The van der Waals surface area contributed by atoms with Gasteiger partial charge in [-0.3, -0.25) is 0 Å². The molecule has 0 N–H and O–H groups in total. The smallest absolute Gasteiger partial charge is 0.136 e. The summed E-state index contributed by atoms with van der Waals surface area (Å²) in [4.78, 5) is 2.36. The lowest BCUT2D eigenvalue weighted by Crippen LogP contribution is -2.14. The van der Waals surface area contributed by atoms with Crippen LogP contribution in [0.2, 0.25) is 0 Å². The number of rotatable bonds is 6. The Morgan fingerprint density at radius 1 is 0.383 bits per heavy atom. The lowest BCUT2D eigenvalue weighted by Gasteiger charge is -2.26. The molecule has 2 nitrogen and oxygen atoms in total. The third kappa shape index (κ3) is 5.47. The number of thiophene rings is 1. The van der Waals surface area contributed by atoms with Crippen LogP contribution in [0.4, 0.5) is 17.1 Å². The first-order valence-electron chi connectivity index (χ1n) is 20.7. The van der Waals surface area contributed by atoms with E-state index in [9.17, 15) is 0 Å². The zero-order valence-corrected chi connectivity index (χ0v) is 34.1. The summed E-state index contributed by atoms with van der Waals surface area (Å²) in [7, 11) is 0. The highest BCUT2D eigenvalue weighted by Crippen LogP contribution is 2.50. The molecule has 2 aromatic heterocycles. The van der Waals surface area contributed by atoms with Crippen LogP contribution in [0.15, 0.2) is 205 Å². The molecule has 1 aliphatic carbocycles. The van der Waals surface area contributed by atoms with Gasteiger partial charge in [0.15, 0.2) is 0 Å². The van der Waals surface area contributed by atoms with E-state index in [4.69, 9.17) is 4.42 Å². The third-order valence-electron chi connectivity index (χ3n) is 12.7. The minimum Gasteiger partial charge on any atom is -0.456 e. The topological polar surface area (TPSA) is 16.4 Å². The molecule has 0 aliphatic heterocycles. The van der Waals surface area contributed by atoms with Crippen LogP contribution in [0, 0.1) is 0 Å². The molecular formula is C57H39NOS. The molecule has 3 heteroatoms. The quantitative estimate of drug-likeness (QED) is 0.167. The summed E-state index contributed by atoms with van der Waals surface area (Å²) in [6, 6.07) is 73.1. The Labute approximate surface area is 353 Å². The molecule has 0 saturated carbocycles. The van der Waals surface area contributed by atoms with E-state index in [2.05, 4.69) is 207 Å². The molecule has 0 spiro atoms. The van der Waals surface area contributed by atoms with Gasteiger partial charge in [0.2, 0.25) is 0 Å². The Hall–Kier alpha value is -7.20. The summed E-state index contributed by atoms with van der Waals surface area (Å²) in [5, 5.41) is 4.93. The van der Waals surface area contributed by atoms with Gasteiger partial charge in [-0.15, -0.1) is 11.3 Å². The number of hydrogen-bond donors (Lipinski definition) is 0. The van der Waals surface area contributed by atoms with Crippen LogP contribution in [0.5, 0.6) is 0 Å². The predicted molar refractivity (Wildman–Crippen MR) is 255 cm³/mol. The zero-order valence-electron chi connectivity index (χ0n) is 33.3. The van der Waals surface area contributed by atoms with Crippen molar-refractivity contribution >= 4 is 70.5 Å². The molecule has 12 rings (SSSR count). The van der Waals surface area contributed by atoms with Crippen LogP contribution >= 0.6 is 11.3 Å². The number of hydrogen-bond acceptors (Lipinski definition) is 3. The predicted octanol–water partition coefficient (Wildman–Crippen LogP) is 16.7. The summed E-state index contributed by atoms with van der Waals surface area (Å²) in [6.45, 7) is 4.67. The monoisotopic (exact) mass is 785 g/mol. The largest absolute Gasteiger partial charge is 0.456 e. The van der Waals surface area contributed by atoms with Gasteiger partial charge in [0.25, 0.3) is 0 Å². The molecule has 0 saturated heterocycles. The van der Waals surface area contributed by atoms with Gasteiger partial charge in [0, 0.05) is 53.4 Å². The maximum absolute atomic E-state index is 6.25. The fraction of sp³-hybridized carbons (Fsp3) is 0.0526. The highest BCUT2D eigenvalue weighted by atomic mass is 32.1. The van der Waals surface area contributed by atoms with Crippen molar-refractivity contribution in [3.63, 3.8) is 0 Å².